The molecule has 0 bridgehead atoms. The van der Waals surface area contributed by atoms with Gasteiger partial charge in [0.1, 0.15) is 46.0 Å². The Morgan fingerprint density at radius 3 is 1.08 bits per heavy atom. The maximum absolute atomic E-state index is 13.4. The van der Waals surface area contributed by atoms with Gasteiger partial charge in [-0.05, 0) is 110 Å². The number of ether oxygens (including phenoxy) is 8. The van der Waals surface area contributed by atoms with Crippen LogP contribution < -0.4 is 30.7 Å². The van der Waals surface area contributed by atoms with Crippen LogP contribution in [0.25, 0.3) is 0 Å². The Bertz CT molecular complexity index is 2860. The number of nitrogens with one attached hydrogen (secondary N) is 4. The minimum atomic E-state index is -1.34. The van der Waals surface area contributed by atoms with E-state index in [1.807, 2.05) is 0 Å². The van der Waals surface area contributed by atoms with Crippen LogP contribution in [0, 0.1) is 0 Å². The highest BCUT2D eigenvalue weighted by Gasteiger charge is 2.55. The van der Waals surface area contributed by atoms with Crippen LogP contribution in [0.3, 0.4) is 0 Å². The van der Waals surface area contributed by atoms with E-state index in [1.54, 1.807) is 60.7 Å². The third-order valence-corrected chi connectivity index (χ3v) is 13.2. The van der Waals surface area contributed by atoms with E-state index in [-0.39, 0.29) is 23.0 Å². The minimum absolute atomic E-state index is 0.0177. The molecule has 74 heavy (non-hydrogen) atoms. The molecule has 0 unspecified atom stereocenters. The summed E-state index contributed by atoms with van der Waals surface area (Å²) in [6.45, 7) is 4.65. The van der Waals surface area contributed by atoms with Gasteiger partial charge in [-0.1, -0.05) is 12.1 Å². The van der Waals surface area contributed by atoms with Crippen LogP contribution in [0.4, 0.5) is 11.4 Å². The highest BCUT2D eigenvalue weighted by Crippen LogP contribution is 2.59. The SMILES string of the molecule is O=C1OC2(c3ccc(O)cc3Oc3cc(O)ccc32)c2ccc(NC(=S)NCCCOCCOCCOCCOCCCNC(=S)Nc3ccc4c(c3)C(=O)OC43c4ccc(O)cc4Oc4cc(O)ccc43)cc21. The lowest BCUT2D eigenvalue weighted by Crippen LogP contribution is -2.33. The lowest BCUT2D eigenvalue weighted by molar-refractivity contribution is -0.00202. The number of aromatic hydroxyl groups is 4. The normalized spacial score (nSPS) is 14.5. The summed E-state index contributed by atoms with van der Waals surface area (Å²) in [6.07, 6.45) is 1.38. The maximum Gasteiger partial charge on any atom is 0.340 e. The third kappa shape index (κ3) is 9.90. The van der Waals surface area contributed by atoms with E-state index >= 15 is 0 Å². The molecule has 0 saturated heterocycles. The molecule has 6 aromatic rings. The molecule has 0 fully saturated rings. The summed E-state index contributed by atoms with van der Waals surface area (Å²) in [5.41, 5.74) is 2.55. The van der Waals surface area contributed by atoms with Crippen LogP contribution in [0.1, 0.15) is 66.9 Å². The molecule has 0 atom stereocenters. The van der Waals surface area contributed by atoms with Crippen molar-refractivity contribution in [3.05, 3.63) is 154 Å². The number of benzene rings is 6. The molecule has 20 heteroatoms. The first-order valence-corrected chi connectivity index (χ1v) is 24.6. The van der Waals surface area contributed by atoms with E-state index in [9.17, 15) is 30.0 Å². The molecule has 0 radical (unpaired) electrons. The molecule has 10 rings (SSSR count). The van der Waals surface area contributed by atoms with E-state index in [0.29, 0.717) is 168 Å². The summed E-state index contributed by atoms with van der Waals surface area (Å²) < 4.78 is 46.9. The summed E-state index contributed by atoms with van der Waals surface area (Å²) >= 11 is 11.0. The summed E-state index contributed by atoms with van der Waals surface area (Å²) in [5, 5.41) is 54.0. The maximum atomic E-state index is 13.4. The van der Waals surface area contributed by atoms with Gasteiger partial charge in [0.25, 0.3) is 0 Å². The predicted molar refractivity (Wildman–Crippen MR) is 277 cm³/mol. The van der Waals surface area contributed by atoms with Gasteiger partial charge < -0.3 is 79.6 Å². The number of anilines is 2. The topological polar surface area (TPSA) is 237 Å². The van der Waals surface area contributed by atoms with E-state index < -0.39 is 23.1 Å². The molecule has 4 aliphatic rings. The molecule has 0 aromatic heterocycles. The Kier molecular flexibility index (Phi) is 14.4. The standard InChI is InChI=1S/C54H50N4O14S2/c59-33-5-11-41-45(27-33)69-46-28-34(60)6-12-42(46)53(41)39-9-3-31(25-37(39)49(63)71-53)57-51(73)55-15-1-17-65-19-21-67-23-24-68-22-20-66-18-2-16-56-52(74)58-32-4-10-40-38(26-32)50(64)72-54(40)43-13-7-35(61)29-47(43)70-48-30-36(62)8-14-44(48)54/h3-14,25-30,59-62H,1-2,15-24H2,(H2,55,57,73)(H2,56,58,74). The van der Waals surface area contributed by atoms with Crippen LogP contribution in [0.15, 0.2) is 109 Å². The molecule has 0 aliphatic carbocycles. The molecule has 0 saturated carbocycles. The molecule has 382 valence electrons. The molecule has 0 amide bonds. The van der Waals surface area contributed by atoms with E-state index in [1.165, 1.54) is 48.5 Å². The van der Waals surface area contributed by atoms with Crippen molar-refractivity contribution in [1.29, 1.82) is 0 Å². The molecule has 4 heterocycles. The number of phenolic OH excluding ortho intramolecular Hbond substituents is 4. The van der Waals surface area contributed by atoms with E-state index in [2.05, 4.69) is 21.3 Å². The summed E-state index contributed by atoms with van der Waals surface area (Å²) in [5.74, 6) is 0.0785. The Morgan fingerprint density at radius 2 is 0.743 bits per heavy atom. The van der Waals surface area contributed by atoms with Crippen LogP contribution >= 0.6 is 24.4 Å². The number of fused-ring (bicyclic) bond motifs is 12. The zero-order chi connectivity index (χ0) is 51.4. The Hall–Kier alpha value is -7.72. The zero-order valence-electron chi connectivity index (χ0n) is 39.6. The number of carbonyl (C=O) groups is 2. The van der Waals surface area contributed by atoms with Crippen molar-refractivity contribution in [3.8, 4) is 46.0 Å². The number of esters is 2. The fourth-order valence-electron chi connectivity index (χ4n) is 9.43. The third-order valence-electron chi connectivity index (χ3n) is 12.7. The fraction of sp³-hybridized carbons (Fsp3) is 0.259. The monoisotopic (exact) mass is 1040 g/mol. The van der Waals surface area contributed by atoms with Crippen molar-refractivity contribution in [3.63, 3.8) is 0 Å². The van der Waals surface area contributed by atoms with E-state index in [0.717, 1.165) is 0 Å². The number of rotatable bonds is 19. The van der Waals surface area contributed by atoms with Gasteiger partial charge in [-0.2, -0.15) is 0 Å². The highest BCUT2D eigenvalue weighted by molar-refractivity contribution is 7.80. The smallest absolute Gasteiger partial charge is 0.340 e. The molecule has 18 nitrogen and oxygen atoms in total. The second-order valence-corrected chi connectivity index (χ2v) is 18.3. The van der Waals surface area contributed by atoms with Crippen LogP contribution in [0.2, 0.25) is 0 Å². The lowest BCUT2D eigenvalue weighted by atomic mass is 9.77. The lowest BCUT2D eigenvalue weighted by Gasteiger charge is -2.36. The Morgan fingerprint density at radius 1 is 0.432 bits per heavy atom. The van der Waals surface area contributed by atoms with Gasteiger partial charge in [0.2, 0.25) is 0 Å². The second kappa shape index (κ2) is 21.4. The van der Waals surface area contributed by atoms with Crippen LogP contribution in [-0.4, -0.2) is 109 Å². The van der Waals surface area contributed by atoms with Crippen molar-refractivity contribution in [2.24, 2.45) is 0 Å². The first-order valence-electron chi connectivity index (χ1n) is 23.8. The fourth-order valence-corrected chi connectivity index (χ4v) is 9.87. The molecule has 4 aliphatic heterocycles. The Balaban J connectivity index is 0.561. The first kappa shape index (κ1) is 49.8. The average Bonchev–Trinajstić information content (AvgIpc) is 3.83. The van der Waals surface area contributed by atoms with Gasteiger partial charge in [-0.25, -0.2) is 9.59 Å². The number of hydrogen-bond acceptors (Lipinski definition) is 16. The average molecular weight is 1040 g/mol. The number of carbonyl (C=O) groups excluding carboxylic acids is 2. The molecular formula is C54H50N4O14S2. The summed E-state index contributed by atoms with van der Waals surface area (Å²) in [6, 6.07) is 29.1. The summed E-state index contributed by atoms with van der Waals surface area (Å²) in [4.78, 5) is 26.8. The van der Waals surface area contributed by atoms with Gasteiger partial charge >= 0.3 is 11.9 Å². The second-order valence-electron chi connectivity index (χ2n) is 17.5. The molecule has 2 spiro atoms. The van der Waals surface area contributed by atoms with Crippen molar-refractivity contribution in [2.75, 3.05) is 76.6 Å². The van der Waals surface area contributed by atoms with Crippen molar-refractivity contribution in [1.82, 2.24) is 10.6 Å². The van der Waals surface area contributed by atoms with E-state index in [4.69, 9.17) is 62.3 Å². The van der Waals surface area contributed by atoms with Gasteiger partial charge in [0.15, 0.2) is 21.4 Å². The highest BCUT2D eigenvalue weighted by atomic mass is 32.1. The number of phenols is 4. The molecule has 6 aromatic carbocycles. The molecular weight excluding hydrogens is 993 g/mol. The van der Waals surface area contributed by atoms with Crippen molar-refractivity contribution >= 4 is 58.0 Å². The van der Waals surface area contributed by atoms with Crippen LogP contribution in [0.5, 0.6) is 46.0 Å². The van der Waals surface area contributed by atoms with Gasteiger partial charge in [-0.3, -0.25) is 0 Å². The zero-order valence-corrected chi connectivity index (χ0v) is 41.2. The largest absolute Gasteiger partial charge is 0.508 e. The first-order chi connectivity index (χ1) is 35.9. The molecule has 8 N–H and O–H groups in total. The van der Waals surface area contributed by atoms with Crippen molar-refractivity contribution in [2.45, 2.75) is 24.0 Å². The quantitative estimate of drug-likeness (QED) is 0.0220. The van der Waals surface area contributed by atoms with Crippen molar-refractivity contribution < 1.29 is 67.9 Å². The Labute approximate surface area is 435 Å². The minimum Gasteiger partial charge on any atom is -0.508 e. The number of hydrogen-bond donors (Lipinski definition) is 8. The van der Waals surface area contributed by atoms with Gasteiger partial charge in [0.05, 0.1) is 50.8 Å². The predicted octanol–water partition coefficient (Wildman–Crippen LogP) is 7.76. The number of thiocarbonyl (C=S) groups is 2. The summed E-state index contributed by atoms with van der Waals surface area (Å²) in [7, 11) is 0. The van der Waals surface area contributed by atoms with Crippen LogP contribution in [-0.2, 0) is 39.6 Å². The van der Waals surface area contributed by atoms with Gasteiger partial charge in [0, 0.05) is 95.3 Å². The van der Waals surface area contributed by atoms with Gasteiger partial charge in [-0.15, -0.1) is 0 Å².